The third-order valence-electron chi connectivity index (χ3n) is 27.1. The smallest absolute Gasteiger partial charge is 0.237 e. The number of rotatable bonds is 36. The van der Waals surface area contributed by atoms with Crippen LogP contribution in [0.2, 0.25) is 0 Å². The molecule has 12 aliphatic heterocycles. The van der Waals surface area contributed by atoms with Crippen LogP contribution in [0.15, 0.2) is 24.3 Å². The van der Waals surface area contributed by atoms with Gasteiger partial charge in [-0.25, -0.2) is 0 Å². The zero-order valence-electron chi connectivity index (χ0n) is 74.3. The molecule has 802 valence electrons. The van der Waals surface area contributed by atoms with Gasteiger partial charge in [0.05, 0.1) is 78.7 Å². The molecule has 12 aliphatic rings. The van der Waals surface area contributed by atoms with E-state index in [1.54, 1.807) is 12.1 Å². The predicted molar refractivity (Wildman–Crippen MR) is 429 cm³/mol. The maximum Gasteiger partial charge on any atom is 0.237 e. The second-order valence-corrected chi connectivity index (χ2v) is 36.3. The van der Waals surface area contributed by atoms with E-state index in [9.17, 15) is 173 Å². The number of nitrogens with one attached hydrogen (secondary N) is 1. The summed E-state index contributed by atoms with van der Waals surface area (Å²) in [5, 5.41) is 368. The molecule has 1 amide bonds. The van der Waals surface area contributed by atoms with Crippen LogP contribution >= 0.6 is 0 Å². The summed E-state index contributed by atoms with van der Waals surface area (Å²) < 4.78 is 131. The molecule has 0 radical (unpaired) electrons. The van der Waals surface area contributed by atoms with Gasteiger partial charge < -0.3 is 289 Å². The average Bonchev–Trinajstić information content (AvgIpc) is 1.65. The number of carbonyl (C=O) groups is 1. The molecule has 0 aliphatic carbocycles. The highest BCUT2D eigenvalue weighted by Gasteiger charge is 2.63. The lowest BCUT2D eigenvalue weighted by Gasteiger charge is -2.50. The van der Waals surface area contributed by atoms with Gasteiger partial charge in [0, 0.05) is 18.6 Å². The normalized spacial score (nSPS) is 50.6. The van der Waals surface area contributed by atoms with E-state index in [-0.39, 0.29) is 17.7 Å². The van der Waals surface area contributed by atoms with Crippen LogP contribution in [0, 0.1) is 5.41 Å². The molecule has 12 saturated heterocycles. The van der Waals surface area contributed by atoms with Gasteiger partial charge in [-0.05, 0) is 24.1 Å². The zero-order chi connectivity index (χ0) is 101. The van der Waals surface area contributed by atoms with Gasteiger partial charge in [-0.2, -0.15) is 0 Å². The summed E-state index contributed by atoms with van der Waals surface area (Å²) in [6.45, 7) is -7.94. The highest BCUT2D eigenvalue weighted by Crippen LogP contribution is 2.43. The van der Waals surface area contributed by atoms with E-state index in [1.807, 2.05) is 13.8 Å². The van der Waals surface area contributed by atoms with Gasteiger partial charge in [0.25, 0.3) is 0 Å². The Morgan fingerprint density at radius 2 is 0.417 bits per heavy atom. The lowest BCUT2D eigenvalue weighted by atomic mass is 9.79. The Hall–Kier alpha value is -3.75. The quantitative estimate of drug-likeness (QED) is 0.0297. The fourth-order valence-electron chi connectivity index (χ4n) is 18.7. The van der Waals surface area contributed by atoms with E-state index in [0.29, 0.717) is 6.42 Å². The Morgan fingerprint density at radius 1 is 0.259 bits per heavy atom. The topological polar surface area (TPSA) is 935 Å². The maximum absolute atomic E-state index is 12.3. The van der Waals surface area contributed by atoms with E-state index in [4.69, 9.17) is 115 Å². The van der Waals surface area contributed by atoms with Crippen molar-refractivity contribution in [2.24, 2.45) is 11.1 Å². The van der Waals surface area contributed by atoms with Gasteiger partial charge >= 0.3 is 0 Å². The number of nitrogens with two attached hydrogens (primary N) is 1. The first-order valence-corrected chi connectivity index (χ1v) is 44.8. The fraction of sp³-hybridized carbons (Fsp3) is 0.912. The van der Waals surface area contributed by atoms with E-state index < -0.39 is 422 Å². The minimum atomic E-state index is -2.35. The maximum atomic E-state index is 12.3. The van der Waals surface area contributed by atoms with Crippen LogP contribution in [0.25, 0.3) is 0 Å². The Kier molecular flexibility index (Phi) is 39.0. The summed E-state index contributed by atoms with van der Waals surface area (Å²) in [4.78, 5) is 12.3. The summed E-state index contributed by atoms with van der Waals surface area (Å²) in [6, 6.07) is 5.43. The van der Waals surface area contributed by atoms with Crippen LogP contribution in [-0.4, -0.2) is 604 Å². The van der Waals surface area contributed by atoms with Crippen molar-refractivity contribution in [3.05, 3.63) is 29.8 Å². The predicted octanol–water partition coefficient (Wildman–Crippen LogP) is -22.8. The number of hydrogen-bond donors (Lipinski definition) is 35. The second kappa shape index (κ2) is 48.3. The van der Waals surface area contributed by atoms with E-state index in [1.165, 1.54) is 12.1 Å². The summed E-state index contributed by atoms with van der Waals surface area (Å²) in [7, 11) is 1.16. The molecule has 139 heavy (non-hydrogen) atoms. The lowest BCUT2D eigenvalue weighted by molar-refractivity contribution is -0.401. The highest BCUT2D eigenvalue weighted by atomic mass is 16.8. The van der Waals surface area contributed by atoms with E-state index in [2.05, 4.69) is 5.32 Å². The summed E-state index contributed by atoms with van der Waals surface area (Å²) in [5.41, 5.74) is 6.30. The molecule has 57 atom stereocenters. The van der Waals surface area contributed by atoms with Crippen molar-refractivity contribution in [2.45, 2.75) is 370 Å². The molecule has 1 aromatic carbocycles. The van der Waals surface area contributed by atoms with Crippen LogP contribution in [-0.2, 0) is 115 Å². The number of benzene rings is 1. The van der Waals surface area contributed by atoms with Gasteiger partial charge in [0.2, 0.25) is 12.2 Å². The van der Waals surface area contributed by atoms with Crippen LogP contribution in [0.4, 0.5) is 0 Å². The van der Waals surface area contributed by atoms with Crippen molar-refractivity contribution in [3.8, 4) is 5.75 Å². The average molecular weight is 2030 g/mol. The first kappa shape index (κ1) is 112. The van der Waals surface area contributed by atoms with Crippen molar-refractivity contribution < 1.29 is 282 Å². The molecule has 0 bridgehead atoms. The van der Waals surface area contributed by atoms with Crippen molar-refractivity contribution in [2.75, 3.05) is 79.8 Å². The van der Waals surface area contributed by atoms with E-state index >= 15 is 0 Å². The number of ether oxygens (including phenoxy) is 23. The Balaban J connectivity index is 0.561. The first-order chi connectivity index (χ1) is 66.0. The van der Waals surface area contributed by atoms with Gasteiger partial charge in [-0.3, -0.25) is 4.79 Å². The molecule has 36 N–H and O–H groups in total. The third-order valence-corrected chi connectivity index (χ3v) is 27.1. The van der Waals surface area contributed by atoms with Crippen LogP contribution in [0.3, 0.4) is 0 Å². The molecular weight excluding hydrogens is 1900 g/mol. The van der Waals surface area contributed by atoms with E-state index in [0.717, 1.165) is 12.7 Å². The minimum absolute atomic E-state index is 0.148. The first-order valence-electron chi connectivity index (χ1n) is 44.8. The van der Waals surface area contributed by atoms with Crippen LogP contribution < -0.4 is 15.8 Å². The largest absolute Gasteiger partial charge is 0.462 e. The summed E-state index contributed by atoms with van der Waals surface area (Å²) in [5.74, 6) is -0.139. The second-order valence-electron chi connectivity index (χ2n) is 36.3. The highest BCUT2D eigenvalue weighted by molar-refractivity contribution is 5.85. The number of aliphatic hydroxyl groups excluding tert-OH is 33. The Labute approximate surface area is 787 Å². The van der Waals surface area contributed by atoms with Gasteiger partial charge in [0.15, 0.2) is 62.9 Å². The number of hydrogen-bond acceptors (Lipinski definition) is 58. The van der Waals surface area contributed by atoms with Gasteiger partial charge in [0.1, 0.15) is 274 Å². The lowest BCUT2D eigenvalue weighted by Crippen LogP contribution is -2.68. The SMILES string of the molecule is COC1C(CO)OC(OC2C(CO)OC(OC3C(CO)OC(OC4C(CO)OC(OC5C(CO)OC(OC6C(CO)OC(OC7C(CO)OC(OC8C(CO)OC(OC9C(CO)OC(OC%10C(CO)OC(OC%11C(CO)OC(Oc%12ccc(CC%13NC(=O)C(N)C%13(C)C)cc%12)C(O)C%11O)C(O)C%10O)C(O)C9O)C(O)C8O)C(O)C7O)C(O)C6O)C(O)C5O)C(O)C4O)C(O)C3O)C(O)C2O)C(O)C1O. The molecule has 59 heteroatoms. The Bertz CT molecular complexity index is 3830. The van der Waals surface area contributed by atoms with Crippen molar-refractivity contribution in [3.63, 3.8) is 0 Å². The molecule has 0 spiro atoms. The molecule has 12 fully saturated rings. The van der Waals surface area contributed by atoms with Crippen molar-refractivity contribution >= 4 is 5.91 Å². The molecule has 1 aromatic rings. The van der Waals surface area contributed by atoms with Gasteiger partial charge in [-0.1, -0.05) is 26.0 Å². The number of aliphatic hydroxyl groups is 33. The number of methoxy groups -OCH3 is 1. The monoisotopic (exact) mass is 2030 g/mol. The summed E-state index contributed by atoms with van der Waals surface area (Å²) in [6.07, 6.45) is -110. The van der Waals surface area contributed by atoms with Crippen molar-refractivity contribution in [1.29, 1.82) is 0 Å². The van der Waals surface area contributed by atoms with Crippen molar-refractivity contribution in [1.82, 2.24) is 5.32 Å². The minimum Gasteiger partial charge on any atom is -0.462 e. The Morgan fingerprint density at radius 3 is 0.576 bits per heavy atom. The molecular formula is C80H130N2O57. The third kappa shape index (κ3) is 23.2. The zero-order valence-corrected chi connectivity index (χ0v) is 74.3. The van der Waals surface area contributed by atoms with Gasteiger partial charge in [-0.15, -0.1) is 0 Å². The molecule has 12 heterocycles. The number of carbonyl (C=O) groups excluding carboxylic acids is 1. The fourth-order valence-corrected chi connectivity index (χ4v) is 18.7. The molecule has 0 saturated carbocycles. The van der Waals surface area contributed by atoms with Crippen LogP contribution in [0.5, 0.6) is 5.75 Å². The summed E-state index contributed by atoms with van der Waals surface area (Å²) >= 11 is 0. The molecule has 57 unspecified atom stereocenters. The molecule has 59 nitrogen and oxygen atoms in total. The molecule has 0 aromatic heterocycles. The number of amides is 1. The van der Waals surface area contributed by atoms with Crippen LogP contribution in [0.1, 0.15) is 19.4 Å². The molecule has 13 rings (SSSR count). The standard InChI is InChI=1S/C80H130N2O57/c1-80(2)33(82-68(116)67(80)81)8-20-4-6-21(7-5-20)118-69-46(106)35(95)57(23(10-84)120-69)131-71-48(108)37(97)59(25(12-86)122-71)133-73-50(110)39(99)61(27(14-88)124-73)135-75-52(112)41(101)63(29(16-90)126-75)137-77-54(114)43(103)65(31(18-92)128-77)139-79-55(115)44(104)66(32(19-93)129-79)138-78-53(113)42(102)64(30(17-91)127-78)136-76-51(111)40(100)62(28(15-89)125-76)134-74-49(109)38(98)60(26(13-87)123-74)132-72-47(107)36(96)58(24(11-85)121-72)130-70-45(105)34(94)56(117-3)22(9-83)119-70/h4-7,22-67,69-79,83-115H,8-19,81H2,1-3H3,(H,82,116).